The van der Waals surface area contributed by atoms with Crippen molar-refractivity contribution in [2.24, 2.45) is 5.92 Å². The molecule has 4 rings (SSSR count). The molecule has 1 heterocycles. The Labute approximate surface area is 160 Å². The molecule has 0 N–H and O–H groups in total. The van der Waals surface area contributed by atoms with Gasteiger partial charge in [0.15, 0.2) is 0 Å². The number of benzene rings is 2. The van der Waals surface area contributed by atoms with Crippen LogP contribution >= 0.6 is 0 Å². The first-order valence-electron chi connectivity index (χ1n) is 10.2. The highest BCUT2D eigenvalue weighted by molar-refractivity contribution is 7.07. The second-order valence-electron chi connectivity index (χ2n) is 9.02. The molecule has 1 aliphatic heterocycles. The Morgan fingerprint density at radius 1 is 0.885 bits per heavy atom. The minimum absolute atomic E-state index is 0.589. The topological polar surface area (TPSA) is 0 Å². The summed E-state index contributed by atoms with van der Waals surface area (Å²) < 4.78 is 0. The fourth-order valence-electron chi connectivity index (χ4n) is 5.03. The van der Waals surface area contributed by atoms with E-state index in [1.807, 2.05) is 0 Å². The van der Waals surface area contributed by atoms with Crippen LogP contribution in [0.2, 0.25) is 13.1 Å². The number of hydrogen-bond acceptors (Lipinski definition) is 0. The fourth-order valence-corrected chi connectivity index (χ4v) is 8.63. The largest absolute Gasteiger partial charge is 0.113 e. The maximum absolute atomic E-state index is 2.55. The van der Waals surface area contributed by atoms with Crippen molar-refractivity contribution in [2.75, 3.05) is 0 Å². The summed E-state index contributed by atoms with van der Waals surface area (Å²) in [7, 11) is -1.61. The molecule has 1 atom stereocenters. The SMILES string of the molecule is CCCC(C)C1=C2c3c(ccc(c3-c3ccc(C(C)C)cc3)[Si]2(C)C)[CH]1. The van der Waals surface area contributed by atoms with Gasteiger partial charge in [0.2, 0.25) is 0 Å². The molecule has 0 nitrogen and oxygen atoms in total. The van der Waals surface area contributed by atoms with Gasteiger partial charge in [-0.1, -0.05) is 89.2 Å². The van der Waals surface area contributed by atoms with E-state index in [0.29, 0.717) is 11.8 Å². The predicted molar refractivity (Wildman–Crippen MR) is 117 cm³/mol. The molecule has 2 aromatic rings. The van der Waals surface area contributed by atoms with Gasteiger partial charge in [-0.25, -0.2) is 0 Å². The quantitative estimate of drug-likeness (QED) is 0.521. The molecule has 0 amide bonds. The Hall–Kier alpha value is -1.60. The molecule has 1 aliphatic carbocycles. The molecule has 1 unspecified atom stereocenters. The molecular weight excluding hydrogens is 328 g/mol. The molecular formula is C25H31Si. The Morgan fingerprint density at radius 2 is 1.58 bits per heavy atom. The van der Waals surface area contributed by atoms with Crippen LogP contribution in [0.3, 0.4) is 0 Å². The van der Waals surface area contributed by atoms with Gasteiger partial charge >= 0.3 is 0 Å². The van der Waals surface area contributed by atoms with Crippen LogP contribution in [-0.4, -0.2) is 8.07 Å². The summed E-state index contributed by atoms with van der Waals surface area (Å²) in [6, 6.07) is 14.2. The van der Waals surface area contributed by atoms with E-state index in [-0.39, 0.29) is 0 Å². The Bertz CT molecular complexity index is 881. The molecule has 2 bridgehead atoms. The van der Waals surface area contributed by atoms with Gasteiger partial charge in [0.1, 0.15) is 8.07 Å². The minimum atomic E-state index is -1.61. The lowest BCUT2D eigenvalue weighted by atomic mass is 9.94. The minimum Gasteiger partial charge on any atom is -0.0654 e. The van der Waals surface area contributed by atoms with E-state index in [1.165, 1.54) is 29.5 Å². The number of fused-ring (bicyclic) bond motifs is 1. The van der Waals surface area contributed by atoms with Crippen molar-refractivity contribution >= 4 is 18.5 Å². The van der Waals surface area contributed by atoms with Gasteiger partial charge in [-0.15, -0.1) is 0 Å². The Balaban J connectivity index is 1.89. The summed E-state index contributed by atoms with van der Waals surface area (Å²) in [5.41, 5.74) is 9.06. The molecule has 0 aromatic heterocycles. The smallest absolute Gasteiger partial charge is 0.0654 e. The summed E-state index contributed by atoms with van der Waals surface area (Å²) in [6.45, 7) is 14.4. The monoisotopic (exact) mass is 359 g/mol. The highest BCUT2D eigenvalue weighted by Gasteiger charge is 2.46. The maximum atomic E-state index is 2.55. The second-order valence-corrected chi connectivity index (χ2v) is 13.3. The van der Waals surface area contributed by atoms with E-state index in [0.717, 1.165) is 0 Å². The zero-order chi connectivity index (χ0) is 18.6. The zero-order valence-electron chi connectivity index (χ0n) is 17.1. The van der Waals surface area contributed by atoms with Crippen LogP contribution in [0.5, 0.6) is 0 Å². The van der Waals surface area contributed by atoms with Gasteiger partial charge in [0, 0.05) is 6.42 Å². The average Bonchev–Trinajstić information content (AvgIpc) is 3.07. The summed E-state index contributed by atoms with van der Waals surface area (Å²) in [5, 5.41) is 3.37. The van der Waals surface area contributed by atoms with Gasteiger partial charge < -0.3 is 0 Å². The number of hydrogen-bond donors (Lipinski definition) is 0. The van der Waals surface area contributed by atoms with Crippen LogP contribution in [-0.2, 0) is 0 Å². The van der Waals surface area contributed by atoms with Crippen molar-refractivity contribution in [3.8, 4) is 11.1 Å². The van der Waals surface area contributed by atoms with Crippen molar-refractivity contribution in [2.45, 2.75) is 59.5 Å². The first-order valence-corrected chi connectivity index (χ1v) is 13.2. The lowest BCUT2D eigenvalue weighted by Crippen LogP contribution is -2.40. The van der Waals surface area contributed by atoms with E-state index in [2.05, 4.69) is 83.6 Å². The van der Waals surface area contributed by atoms with Crippen LogP contribution in [0.4, 0.5) is 0 Å². The summed E-state index contributed by atoms with van der Waals surface area (Å²) in [6.07, 6.45) is 5.06. The molecule has 0 spiro atoms. The lowest BCUT2D eigenvalue weighted by molar-refractivity contribution is 0.611. The normalized spacial score (nSPS) is 18.1. The predicted octanol–water partition coefficient (Wildman–Crippen LogP) is 6.70. The third kappa shape index (κ3) is 2.47. The van der Waals surface area contributed by atoms with Crippen molar-refractivity contribution in [1.29, 1.82) is 0 Å². The van der Waals surface area contributed by atoms with Crippen LogP contribution in [0.15, 0.2) is 42.0 Å². The van der Waals surface area contributed by atoms with E-state index in [9.17, 15) is 0 Å². The molecule has 2 aliphatic rings. The zero-order valence-corrected chi connectivity index (χ0v) is 18.1. The highest BCUT2D eigenvalue weighted by Crippen LogP contribution is 2.52. The van der Waals surface area contributed by atoms with E-state index >= 15 is 0 Å². The Morgan fingerprint density at radius 3 is 2.19 bits per heavy atom. The summed E-state index contributed by atoms with van der Waals surface area (Å²) in [5.74, 6) is 1.26. The molecule has 135 valence electrons. The Kier molecular flexibility index (Phi) is 4.26. The van der Waals surface area contributed by atoms with Gasteiger partial charge in [0.25, 0.3) is 0 Å². The third-order valence-corrected chi connectivity index (χ3v) is 10.1. The van der Waals surface area contributed by atoms with Crippen molar-refractivity contribution < 1.29 is 0 Å². The fraction of sp³-hybridized carbons (Fsp3) is 0.400. The standard InChI is InChI=1S/C25H31Si/c1-7-8-17(4)21-15-20-13-14-22-23(24(20)25(21)26(22,5)6)19-11-9-18(10-12-19)16(2)3/h9-17H,7-8H2,1-6H3. The van der Waals surface area contributed by atoms with Crippen LogP contribution in [0.25, 0.3) is 16.3 Å². The first-order chi connectivity index (χ1) is 12.4. The van der Waals surface area contributed by atoms with Crippen LogP contribution in [0.1, 0.15) is 63.1 Å². The van der Waals surface area contributed by atoms with Gasteiger partial charge in [0.05, 0.1) is 0 Å². The van der Waals surface area contributed by atoms with E-state index in [4.69, 9.17) is 0 Å². The van der Waals surface area contributed by atoms with Crippen LogP contribution < -0.4 is 5.19 Å². The number of allylic oxidation sites excluding steroid dienone is 1. The number of rotatable bonds is 5. The van der Waals surface area contributed by atoms with Crippen molar-refractivity contribution in [3.05, 3.63) is 65.1 Å². The lowest BCUT2D eigenvalue weighted by Gasteiger charge is -2.24. The first kappa shape index (κ1) is 17.8. The average molecular weight is 360 g/mol. The van der Waals surface area contributed by atoms with Gasteiger partial charge in [-0.2, -0.15) is 0 Å². The molecule has 2 aromatic carbocycles. The molecule has 0 saturated heterocycles. The molecule has 0 saturated carbocycles. The highest BCUT2D eigenvalue weighted by atomic mass is 28.3. The molecule has 26 heavy (non-hydrogen) atoms. The van der Waals surface area contributed by atoms with Crippen molar-refractivity contribution in [3.63, 3.8) is 0 Å². The summed E-state index contributed by atoms with van der Waals surface area (Å²) >= 11 is 0. The molecule has 1 heteroatoms. The molecule has 0 fully saturated rings. The molecule has 1 radical (unpaired) electrons. The van der Waals surface area contributed by atoms with Gasteiger partial charge in [-0.05, 0) is 56.5 Å². The third-order valence-electron chi connectivity index (χ3n) is 6.50. The van der Waals surface area contributed by atoms with E-state index in [1.54, 1.807) is 27.1 Å². The summed E-state index contributed by atoms with van der Waals surface area (Å²) in [4.78, 5) is 0. The van der Waals surface area contributed by atoms with E-state index < -0.39 is 8.07 Å². The van der Waals surface area contributed by atoms with Gasteiger partial charge in [-0.3, -0.25) is 0 Å². The maximum Gasteiger partial charge on any atom is 0.113 e. The van der Waals surface area contributed by atoms with Crippen LogP contribution in [0, 0.1) is 12.3 Å². The second kappa shape index (κ2) is 6.23. The van der Waals surface area contributed by atoms with Crippen molar-refractivity contribution in [1.82, 2.24) is 0 Å².